The summed E-state index contributed by atoms with van der Waals surface area (Å²) in [5.41, 5.74) is 3.83. The molecule has 0 bridgehead atoms. The van der Waals surface area contributed by atoms with Crippen LogP contribution in [0.1, 0.15) is 23.6 Å². The van der Waals surface area contributed by atoms with Crippen molar-refractivity contribution in [1.29, 1.82) is 0 Å². The second-order valence-electron chi connectivity index (χ2n) is 5.48. The number of carbonyl (C=O) groups excluding carboxylic acids is 1. The fourth-order valence-electron chi connectivity index (χ4n) is 2.28. The van der Waals surface area contributed by atoms with E-state index in [1.165, 1.54) is 6.08 Å². The van der Waals surface area contributed by atoms with Gasteiger partial charge in [0.1, 0.15) is 0 Å². The summed E-state index contributed by atoms with van der Waals surface area (Å²) in [4.78, 5) is 12.1. The molecule has 2 rings (SSSR count). The summed E-state index contributed by atoms with van der Waals surface area (Å²) in [5.74, 6) is 1.17. The molecule has 0 fully saturated rings. The molecule has 0 aromatic heterocycles. The molecular formula is C20H23NO3. The molecule has 1 amide bonds. The van der Waals surface area contributed by atoms with Crippen molar-refractivity contribution >= 4 is 17.7 Å². The van der Waals surface area contributed by atoms with Crippen LogP contribution >= 0.6 is 0 Å². The van der Waals surface area contributed by atoms with E-state index in [-0.39, 0.29) is 5.91 Å². The standard InChI is InChI=1S/C20H23NO3/c1-5-24-18-10-8-16(13-19(18)23-4)9-11-20(22)21-17-12-14(2)6-7-15(17)3/h6-13H,5H2,1-4H3,(H,21,22). The molecule has 0 saturated carbocycles. The molecule has 0 spiro atoms. The molecule has 4 nitrogen and oxygen atoms in total. The highest BCUT2D eigenvalue weighted by atomic mass is 16.5. The van der Waals surface area contributed by atoms with Crippen LogP contribution in [0.3, 0.4) is 0 Å². The van der Waals surface area contributed by atoms with Gasteiger partial charge in [-0.2, -0.15) is 0 Å². The van der Waals surface area contributed by atoms with Gasteiger partial charge in [-0.25, -0.2) is 0 Å². The molecule has 0 aliphatic rings. The van der Waals surface area contributed by atoms with Crippen LogP contribution in [0.2, 0.25) is 0 Å². The van der Waals surface area contributed by atoms with Crippen molar-refractivity contribution in [2.24, 2.45) is 0 Å². The maximum atomic E-state index is 12.1. The number of benzene rings is 2. The lowest BCUT2D eigenvalue weighted by Gasteiger charge is -2.09. The quantitative estimate of drug-likeness (QED) is 0.803. The highest BCUT2D eigenvalue weighted by Gasteiger charge is 2.05. The molecule has 0 aliphatic carbocycles. The molecule has 0 unspecified atom stereocenters. The summed E-state index contributed by atoms with van der Waals surface area (Å²) in [6.45, 7) is 6.46. The molecule has 2 aromatic rings. The summed E-state index contributed by atoms with van der Waals surface area (Å²) in [6, 6.07) is 11.5. The monoisotopic (exact) mass is 325 g/mol. The van der Waals surface area contributed by atoms with Crippen LogP contribution in [0, 0.1) is 13.8 Å². The zero-order chi connectivity index (χ0) is 17.5. The van der Waals surface area contributed by atoms with Gasteiger partial charge in [0, 0.05) is 11.8 Å². The minimum Gasteiger partial charge on any atom is -0.493 e. The van der Waals surface area contributed by atoms with Crippen LogP contribution in [0.25, 0.3) is 6.08 Å². The van der Waals surface area contributed by atoms with Crippen LogP contribution in [0.4, 0.5) is 5.69 Å². The molecule has 0 atom stereocenters. The molecular weight excluding hydrogens is 302 g/mol. The summed E-state index contributed by atoms with van der Waals surface area (Å²) < 4.78 is 10.8. The summed E-state index contributed by atoms with van der Waals surface area (Å²) >= 11 is 0. The zero-order valence-electron chi connectivity index (χ0n) is 14.6. The van der Waals surface area contributed by atoms with Crippen molar-refractivity contribution in [3.05, 3.63) is 59.2 Å². The van der Waals surface area contributed by atoms with E-state index < -0.39 is 0 Å². The average molecular weight is 325 g/mol. The van der Waals surface area contributed by atoms with Gasteiger partial charge in [-0.05, 0) is 61.7 Å². The number of aryl methyl sites for hydroxylation is 2. The van der Waals surface area contributed by atoms with E-state index >= 15 is 0 Å². The summed E-state index contributed by atoms with van der Waals surface area (Å²) in [7, 11) is 1.60. The second kappa shape index (κ2) is 8.20. The molecule has 126 valence electrons. The topological polar surface area (TPSA) is 47.6 Å². The molecule has 2 aromatic carbocycles. The third-order valence-electron chi connectivity index (χ3n) is 3.57. The Morgan fingerprint density at radius 1 is 1.12 bits per heavy atom. The lowest BCUT2D eigenvalue weighted by molar-refractivity contribution is -0.111. The van der Waals surface area contributed by atoms with E-state index in [1.54, 1.807) is 13.2 Å². The summed E-state index contributed by atoms with van der Waals surface area (Å²) in [6.07, 6.45) is 3.26. The zero-order valence-corrected chi connectivity index (χ0v) is 14.6. The van der Waals surface area contributed by atoms with Crippen molar-refractivity contribution in [3.8, 4) is 11.5 Å². The first-order valence-corrected chi connectivity index (χ1v) is 7.90. The fraction of sp³-hybridized carbons (Fsp3) is 0.250. The molecule has 4 heteroatoms. The van der Waals surface area contributed by atoms with E-state index in [1.807, 2.05) is 57.2 Å². The predicted molar refractivity (Wildman–Crippen MR) is 97.7 cm³/mol. The number of anilines is 1. The average Bonchev–Trinajstić information content (AvgIpc) is 2.57. The first-order valence-electron chi connectivity index (χ1n) is 7.90. The lowest BCUT2D eigenvalue weighted by Crippen LogP contribution is -2.09. The second-order valence-corrected chi connectivity index (χ2v) is 5.48. The molecule has 0 heterocycles. The van der Waals surface area contributed by atoms with Crippen molar-refractivity contribution in [2.75, 3.05) is 19.0 Å². The van der Waals surface area contributed by atoms with Gasteiger partial charge in [0.15, 0.2) is 11.5 Å². The van der Waals surface area contributed by atoms with Crippen LogP contribution < -0.4 is 14.8 Å². The molecule has 0 radical (unpaired) electrons. The smallest absolute Gasteiger partial charge is 0.248 e. The fourth-order valence-corrected chi connectivity index (χ4v) is 2.28. The van der Waals surface area contributed by atoms with Gasteiger partial charge < -0.3 is 14.8 Å². The number of ether oxygens (including phenoxy) is 2. The first-order chi connectivity index (χ1) is 11.5. The first kappa shape index (κ1) is 17.6. The highest BCUT2D eigenvalue weighted by molar-refractivity contribution is 6.02. The van der Waals surface area contributed by atoms with Crippen molar-refractivity contribution in [3.63, 3.8) is 0 Å². The van der Waals surface area contributed by atoms with E-state index in [9.17, 15) is 4.79 Å². The Kier molecular flexibility index (Phi) is 6.01. The minimum absolute atomic E-state index is 0.170. The van der Waals surface area contributed by atoms with Gasteiger partial charge in [-0.15, -0.1) is 0 Å². The maximum absolute atomic E-state index is 12.1. The van der Waals surface area contributed by atoms with Gasteiger partial charge in [-0.3, -0.25) is 4.79 Å². The minimum atomic E-state index is -0.170. The van der Waals surface area contributed by atoms with Crippen LogP contribution in [-0.4, -0.2) is 19.6 Å². The van der Waals surface area contributed by atoms with E-state index in [0.717, 1.165) is 22.4 Å². The van der Waals surface area contributed by atoms with Crippen LogP contribution in [0.5, 0.6) is 11.5 Å². The maximum Gasteiger partial charge on any atom is 0.248 e. The molecule has 1 N–H and O–H groups in total. The predicted octanol–water partition coefficient (Wildman–Crippen LogP) is 4.36. The Bertz CT molecular complexity index is 751. The molecule has 0 aliphatic heterocycles. The number of carbonyl (C=O) groups is 1. The number of rotatable bonds is 6. The largest absolute Gasteiger partial charge is 0.493 e. The lowest BCUT2D eigenvalue weighted by atomic mass is 10.1. The Morgan fingerprint density at radius 2 is 1.92 bits per heavy atom. The Labute approximate surface area is 143 Å². The van der Waals surface area contributed by atoms with Crippen molar-refractivity contribution < 1.29 is 14.3 Å². The number of hydrogen-bond donors (Lipinski definition) is 1. The van der Waals surface area contributed by atoms with Crippen LogP contribution in [-0.2, 0) is 4.79 Å². The third kappa shape index (κ3) is 4.62. The van der Waals surface area contributed by atoms with E-state index in [2.05, 4.69) is 5.32 Å². The number of methoxy groups -OCH3 is 1. The van der Waals surface area contributed by atoms with Crippen molar-refractivity contribution in [1.82, 2.24) is 0 Å². The number of amides is 1. The number of hydrogen-bond acceptors (Lipinski definition) is 3. The Morgan fingerprint density at radius 3 is 2.62 bits per heavy atom. The molecule has 0 saturated heterocycles. The van der Waals surface area contributed by atoms with E-state index in [0.29, 0.717) is 18.1 Å². The Balaban J connectivity index is 2.09. The van der Waals surface area contributed by atoms with Gasteiger partial charge in [0.2, 0.25) is 5.91 Å². The van der Waals surface area contributed by atoms with Crippen LogP contribution in [0.15, 0.2) is 42.5 Å². The normalized spacial score (nSPS) is 10.7. The van der Waals surface area contributed by atoms with Crippen molar-refractivity contribution in [2.45, 2.75) is 20.8 Å². The van der Waals surface area contributed by atoms with E-state index in [4.69, 9.17) is 9.47 Å². The highest BCUT2D eigenvalue weighted by Crippen LogP contribution is 2.28. The van der Waals surface area contributed by atoms with Gasteiger partial charge in [0.25, 0.3) is 0 Å². The van der Waals surface area contributed by atoms with Gasteiger partial charge >= 0.3 is 0 Å². The number of nitrogens with one attached hydrogen (secondary N) is 1. The summed E-state index contributed by atoms with van der Waals surface area (Å²) in [5, 5.41) is 2.90. The Hall–Kier alpha value is -2.75. The molecule has 24 heavy (non-hydrogen) atoms. The van der Waals surface area contributed by atoms with Gasteiger partial charge in [0.05, 0.1) is 13.7 Å². The third-order valence-corrected chi connectivity index (χ3v) is 3.57. The SMILES string of the molecule is CCOc1ccc(C=CC(=O)Nc2cc(C)ccc2C)cc1OC. The van der Waals surface area contributed by atoms with Gasteiger partial charge in [-0.1, -0.05) is 18.2 Å².